The van der Waals surface area contributed by atoms with Crippen LogP contribution in [0.1, 0.15) is 30.4 Å². The lowest BCUT2D eigenvalue weighted by atomic mass is 10.1. The fourth-order valence-corrected chi connectivity index (χ4v) is 2.83. The summed E-state index contributed by atoms with van der Waals surface area (Å²) in [4.78, 5) is 0. The first-order valence-corrected chi connectivity index (χ1v) is 7.17. The molecule has 20 heavy (non-hydrogen) atoms. The number of nitrogens with zero attached hydrogens (tertiary/aromatic N) is 1. The van der Waals surface area contributed by atoms with Crippen LogP contribution < -0.4 is 0 Å². The zero-order valence-corrected chi connectivity index (χ0v) is 12.2. The fraction of sp³-hybridized carbons (Fsp3) is 0.312. The van der Waals surface area contributed by atoms with Gasteiger partial charge in [-0.3, -0.25) is 0 Å². The molecular weight excluding hydrogens is 270 g/mol. The Bertz CT molecular complexity index is 632. The standard InChI is InChI=1S/C16H17NO2S/c1-12(13-6-3-2-4-7-13)17-9-5-8-14(15(17)20)16-18-10-11-19-16/h2-9,12,16H,10-11H2,1H3. The van der Waals surface area contributed by atoms with Crippen molar-refractivity contribution in [3.8, 4) is 0 Å². The molecule has 1 aromatic carbocycles. The third kappa shape index (κ3) is 2.54. The van der Waals surface area contributed by atoms with Gasteiger partial charge < -0.3 is 14.0 Å². The lowest BCUT2D eigenvalue weighted by molar-refractivity contribution is -0.0449. The molecule has 0 amide bonds. The van der Waals surface area contributed by atoms with E-state index in [1.165, 1.54) is 5.56 Å². The van der Waals surface area contributed by atoms with Crippen molar-refractivity contribution in [2.45, 2.75) is 19.3 Å². The van der Waals surface area contributed by atoms with Crippen molar-refractivity contribution in [2.75, 3.05) is 13.2 Å². The summed E-state index contributed by atoms with van der Waals surface area (Å²) in [5.41, 5.74) is 2.16. The monoisotopic (exact) mass is 287 g/mol. The van der Waals surface area contributed by atoms with Gasteiger partial charge in [0, 0.05) is 11.8 Å². The number of hydrogen-bond donors (Lipinski definition) is 0. The van der Waals surface area contributed by atoms with Crippen LogP contribution in [-0.4, -0.2) is 17.8 Å². The molecule has 1 atom stereocenters. The molecule has 0 N–H and O–H groups in total. The van der Waals surface area contributed by atoms with E-state index in [2.05, 4.69) is 23.6 Å². The maximum atomic E-state index is 5.61. The quantitative estimate of drug-likeness (QED) is 0.801. The van der Waals surface area contributed by atoms with Crippen molar-refractivity contribution in [1.29, 1.82) is 0 Å². The van der Waals surface area contributed by atoms with Crippen molar-refractivity contribution in [1.82, 2.24) is 4.57 Å². The van der Waals surface area contributed by atoms with Gasteiger partial charge in [0.2, 0.25) is 0 Å². The Morgan fingerprint density at radius 2 is 1.80 bits per heavy atom. The number of pyridine rings is 1. The molecule has 104 valence electrons. The SMILES string of the molecule is CC(c1ccccc1)n1cccc(C2OCCO2)c1=S. The highest BCUT2D eigenvalue weighted by molar-refractivity contribution is 7.71. The van der Waals surface area contributed by atoms with Crippen molar-refractivity contribution >= 4 is 12.2 Å². The lowest BCUT2D eigenvalue weighted by Crippen LogP contribution is -2.11. The van der Waals surface area contributed by atoms with Crippen molar-refractivity contribution < 1.29 is 9.47 Å². The third-order valence-electron chi connectivity index (χ3n) is 3.58. The van der Waals surface area contributed by atoms with E-state index in [0.29, 0.717) is 13.2 Å². The zero-order valence-electron chi connectivity index (χ0n) is 11.4. The number of aromatic nitrogens is 1. The molecular formula is C16H17NO2S. The molecule has 4 heteroatoms. The molecule has 0 spiro atoms. The number of benzene rings is 1. The van der Waals surface area contributed by atoms with E-state index in [1.807, 2.05) is 36.5 Å². The summed E-state index contributed by atoms with van der Waals surface area (Å²) >= 11 is 5.61. The van der Waals surface area contributed by atoms with E-state index in [1.54, 1.807) is 0 Å². The third-order valence-corrected chi connectivity index (χ3v) is 4.03. The Balaban J connectivity index is 1.98. The maximum absolute atomic E-state index is 5.61. The van der Waals surface area contributed by atoms with E-state index >= 15 is 0 Å². The molecule has 1 saturated heterocycles. The fourth-order valence-electron chi connectivity index (χ4n) is 2.44. The minimum atomic E-state index is -0.321. The molecule has 3 rings (SSSR count). The first-order chi connectivity index (χ1) is 9.77. The van der Waals surface area contributed by atoms with Crippen LogP contribution in [0.5, 0.6) is 0 Å². The number of ether oxygens (including phenoxy) is 2. The van der Waals surface area contributed by atoms with Gasteiger partial charge in [0.1, 0.15) is 4.64 Å². The van der Waals surface area contributed by atoms with Crippen LogP contribution >= 0.6 is 12.2 Å². The summed E-state index contributed by atoms with van der Waals surface area (Å²) in [5, 5.41) is 0. The number of rotatable bonds is 3. The first kappa shape index (κ1) is 13.5. The van der Waals surface area contributed by atoms with Crippen molar-refractivity contribution in [3.05, 3.63) is 64.4 Å². The Morgan fingerprint density at radius 1 is 1.10 bits per heavy atom. The van der Waals surface area contributed by atoms with Crippen LogP contribution in [-0.2, 0) is 9.47 Å². The van der Waals surface area contributed by atoms with Crippen molar-refractivity contribution in [2.24, 2.45) is 0 Å². The summed E-state index contributed by atoms with van der Waals surface area (Å²) in [6.45, 7) is 3.40. The summed E-state index contributed by atoms with van der Waals surface area (Å²) in [6, 6.07) is 14.5. The number of hydrogen-bond acceptors (Lipinski definition) is 3. The molecule has 2 aromatic rings. The van der Waals surface area contributed by atoms with E-state index in [4.69, 9.17) is 21.7 Å². The average molecular weight is 287 g/mol. The molecule has 1 unspecified atom stereocenters. The maximum Gasteiger partial charge on any atom is 0.186 e. The highest BCUT2D eigenvalue weighted by Crippen LogP contribution is 2.26. The molecule has 0 radical (unpaired) electrons. The summed E-state index contributed by atoms with van der Waals surface area (Å²) in [5.74, 6) is 0. The van der Waals surface area contributed by atoms with Gasteiger partial charge in [-0.1, -0.05) is 42.5 Å². The van der Waals surface area contributed by atoms with Crippen LogP contribution in [0.15, 0.2) is 48.7 Å². The van der Waals surface area contributed by atoms with Crippen molar-refractivity contribution in [3.63, 3.8) is 0 Å². The topological polar surface area (TPSA) is 23.4 Å². The Morgan fingerprint density at radius 3 is 2.50 bits per heavy atom. The highest BCUT2D eigenvalue weighted by Gasteiger charge is 2.21. The molecule has 0 aliphatic carbocycles. The molecule has 0 saturated carbocycles. The summed E-state index contributed by atoms with van der Waals surface area (Å²) in [7, 11) is 0. The average Bonchev–Trinajstić information content (AvgIpc) is 3.02. The predicted octanol–water partition coefficient (Wildman–Crippen LogP) is 3.87. The highest BCUT2D eigenvalue weighted by atomic mass is 32.1. The predicted molar refractivity (Wildman–Crippen MR) is 80.2 cm³/mol. The van der Waals surface area contributed by atoms with E-state index in [9.17, 15) is 0 Å². The summed E-state index contributed by atoms with van der Waals surface area (Å²) in [6.07, 6.45) is 1.69. The molecule has 1 fully saturated rings. The second kappa shape index (κ2) is 5.87. The van der Waals surface area contributed by atoms with Gasteiger partial charge in [-0.15, -0.1) is 0 Å². The Kier molecular flexibility index (Phi) is 3.96. The molecule has 1 aromatic heterocycles. The largest absolute Gasteiger partial charge is 0.346 e. The summed E-state index contributed by atoms with van der Waals surface area (Å²) < 4.78 is 14.0. The van der Waals surface area contributed by atoms with Crippen LogP contribution in [0.3, 0.4) is 0 Å². The Labute approximate surface area is 123 Å². The van der Waals surface area contributed by atoms with Crippen LogP contribution in [0.25, 0.3) is 0 Å². The second-order valence-corrected chi connectivity index (χ2v) is 5.22. The lowest BCUT2D eigenvalue weighted by Gasteiger charge is -2.19. The molecule has 2 heterocycles. The van der Waals surface area contributed by atoms with E-state index in [-0.39, 0.29) is 12.3 Å². The second-order valence-electron chi connectivity index (χ2n) is 4.84. The van der Waals surface area contributed by atoms with Crippen LogP contribution in [0, 0.1) is 4.64 Å². The smallest absolute Gasteiger partial charge is 0.186 e. The van der Waals surface area contributed by atoms with Gasteiger partial charge in [-0.05, 0) is 24.6 Å². The van der Waals surface area contributed by atoms with Gasteiger partial charge in [-0.25, -0.2) is 0 Å². The molecule has 1 aliphatic rings. The van der Waals surface area contributed by atoms with E-state index < -0.39 is 0 Å². The minimum absolute atomic E-state index is 0.185. The molecule has 0 bridgehead atoms. The first-order valence-electron chi connectivity index (χ1n) is 6.76. The molecule has 3 nitrogen and oxygen atoms in total. The van der Waals surface area contributed by atoms with Crippen LogP contribution in [0.2, 0.25) is 0 Å². The zero-order chi connectivity index (χ0) is 13.9. The van der Waals surface area contributed by atoms with Gasteiger partial charge in [-0.2, -0.15) is 0 Å². The van der Waals surface area contributed by atoms with E-state index in [0.717, 1.165) is 10.2 Å². The van der Waals surface area contributed by atoms with Crippen LogP contribution in [0.4, 0.5) is 0 Å². The Hall–Kier alpha value is -1.49. The van der Waals surface area contributed by atoms with Gasteiger partial charge in [0.15, 0.2) is 6.29 Å². The van der Waals surface area contributed by atoms with Gasteiger partial charge in [0.05, 0.1) is 19.3 Å². The van der Waals surface area contributed by atoms with Gasteiger partial charge in [0.25, 0.3) is 0 Å². The molecule has 1 aliphatic heterocycles. The normalized spacial score (nSPS) is 17.2. The van der Waals surface area contributed by atoms with Gasteiger partial charge >= 0.3 is 0 Å². The minimum Gasteiger partial charge on any atom is -0.346 e.